The fraction of sp³-hybridized carbons (Fsp3) is 0.281. The summed E-state index contributed by atoms with van der Waals surface area (Å²) in [7, 11) is 0. The van der Waals surface area contributed by atoms with Crippen LogP contribution >= 0.6 is 0 Å². The number of aliphatic hydroxyl groups excluding tert-OH is 1. The Hall–Kier alpha value is -4.43. The molecule has 0 radical (unpaired) electrons. The van der Waals surface area contributed by atoms with Gasteiger partial charge in [-0.25, -0.2) is 0 Å². The summed E-state index contributed by atoms with van der Waals surface area (Å²) in [5.74, 6) is -2.95. The topological polar surface area (TPSA) is 110 Å². The highest BCUT2D eigenvalue weighted by Gasteiger charge is 2.49. The molecule has 2 aliphatic rings. The van der Waals surface area contributed by atoms with Crippen molar-refractivity contribution >= 4 is 17.8 Å². The molecule has 0 bridgehead atoms. The summed E-state index contributed by atoms with van der Waals surface area (Å²) in [4.78, 5) is 41.7. The molecule has 3 aromatic carbocycles. The first-order chi connectivity index (χ1) is 19.3. The third-order valence-corrected chi connectivity index (χ3v) is 7.88. The lowest BCUT2D eigenvalue weighted by Crippen LogP contribution is -2.60. The number of carbonyl (C=O) groups is 3. The third-order valence-electron chi connectivity index (χ3n) is 7.88. The van der Waals surface area contributed by atoms with Crippen LogP contribution in [-0.2, 0) is 27.5 Å². The highest BCUT2D eigenvalue weighted by molar-refractivity contribution is 6.19. The monoisotopic (exact) mass is 539 g/mol. The third kappa shape index (κ3) is 5.92. The Morgan fingerprint density at radius 2 is 1.38 bits per heavy atom. The molecule has 0 aliphatic carbocycles. The highest BCUT2D eigenvalue weighted by Crippen LogP contribution is 2.41. The number of nitrogens with one attached hydrogen (secondary N) is 1. The van der Waals surface area contributed by atoms with Crippen LogP contribution in [0.3, 0.4) is 0 Å². The van der Waals surface area contributed by atoms with E-state index in [4.69, 9.17) is 5.11 Å². The van der Waals surface area contributed by atoms with Gasteiger partial charge in [0.25, 0.3) is 11.8 Å². The van der Waals surface area contributed by atoms with E-state index in [1.165, 1.54) is 5.56 Å². The fourth-order valence-corrected chi connectivity index (χ4v) is 5.71. The van der Waals surface area contributed by atoms with E-state index in [0.717, 1.165) is 36.3 Å². The summed E-state index contributed by atoms with van der Waals surface area (Å²) >= 11 is 0. The predicted octanol–water partition coefficient (Wildman–Crippen LogP) is 4.13. The van der Waals surface area contributed by atoms with Gasteiger partial charge >= 0.3 is 5.97 Å². The Morgan fingerprint density at radius 3 is 2.00 bits per heavy atom. The van der Waals surface area contributed by atoms with Gasteiger partial charge in [-0.3, -0.25) is 19.3 Å². The molecule has 3 N–H and O–H groups in total. The average Bonchev–Trinajstić information content (AvgIpc) is 2.97. The number of amides is 2. The number of aliphatic hydroxyl groups is 1. The van der Waals surface area contributed by atoms with Crippen LogP contribution < -0.4 is 5.32 Å². The normalized spacial score (nSPS) is 17.2. The summed E-state index contributed by atoms with van der Waals surface area (Å²) in [5.41, 5.74) is 3.25. The first-order valence-electron chi connectivity index (χ1n) is 13.5. The van der Waals surface area contributed by atoms with Crippen molar-refractivity contribution in [2.24, 2.45) is 0 Å². The number of carbonyl (C=O) groups excluding carboxylic acids is 2. The summed E-state index contributed by atoms with van der Waals surface area (Å²) in [5, 5.41) is 22.2. The lowest BCUT2D eigenvalue weighted by molar-refractivity contribution is -0.143. The minimum Gasteiger partial charge on any atom is -0.511 e. The molecule has 3 aromatic rings. The molecule has 0 saturated carbocycles. The van der Waals surface area contributed by atoms with Crippen LogP contribution in [0.25, 0.3) is 11.1 Å². The molecule has 40 heavy (non-hydrogen) atoms. The molecule has 8 heteroatoms. The van der Waals surface area contributed by atoms with Gasteiger partial charge in [-0.15, -0.1) is 0 Å². The van der Waals surface area contributed by atoms with Crippen LogP contribution in [0.2, 0.25) is 0 Å². The lowest BCUT2D eigenvalue weighted by Gasteiger charge is -2.51. The maximum atomic E-state index is 13.8. The van der Waals surface area contributed by atoms with Crippen molar-refractivity contribution in [1.29, 1.82) is 0 Å². The maximum Gasteiger partial charge on any atom is 0.322 e. The molecule has 206 valence electrons. The first-order valence-corrected chi connectivity index (χ1v) is 13.5. The van der Waals surface area contributed by atoms with Gasteiger partial charge in [-0.1, -0.05) is 84.9 Å². The van der Waals surface area contributed by atoms with Gasteiger partial charge in [-0.05, 0) is 35.1 Å². The van der Waals surface area contributed by atoms with E-state index in [1.54, 1.807) is 4.90 Å². The number of aliphatic carboxylic acids is 1. The second kappa shape index (κ2) is 11.8. The lowest BCUT2D eigenvalue weighted by atomic mass is 9.77. The Labute approximate surface area is 233 Å². The molecule has 2 amide bonds. The SMILES string of the molecule is O=C(O)CNC(=O)C1=C(O)CC2(CCN(Cc3ccccc3)CC2)N(Cc2ccc(-c3ccccc3)cc2)C1=O. The zero-order valence-corrected chi connectivity index (χ0v) is 22.3. The smallest absolute Gasteiger partial charge is 0.322 e. The molecule has 1 spiro atoms. The molecule has 8 nitrogen and oxygen atoms in total. The zero-order valence-electron chi connectivity index (χ0n) is 22.3. The van der Waals surface area contributed by atoms with Gasteiger partial charge < -0.3 is 20.4 Å². The number of carboxylic acid groups (broad SMARTS) is 1. The van der Waals surface area contributed by atoms with Crippen LogP contribution in [0.1, 0.15) is 30.4 Å². The van der Waals surface area contributed by atoms with Crippen molar-refractivity contribution in [2.45, 2.75) is 37.9 Å². The van der Waals surface area contributed by atoms with Gasteiger partial charge in [0.1, 0.15) is 17.9 Å². The number of rotatable bonds is 8. The van der Waals surface area contributed by atoms with Gasteiger partial charge in [0.05, 0.1) is 5.54 Å². The number of nitrogens with zero attached hydrogens (tertiary/aromatic N) is 2. The number of piperidine rings is 1. The molecule has 0 atom stereocenters. The fourth-order valence-electron chi connectivity index (χ4n) is 5.71. The van der Waals surface area contributed by atoms with Crippen molar-refractivity contribution < 1.29 is 24.6 Å². The average molecular weight is 540 g/mol. The number of likely N-dealkylation sites (tertiary alicyclic amines) is 1. The van der Waals surface area contributed by atoms with Crippen LogP contribution in [0.15, 0.2) is 96.3 Å². The van der Waals surface area contributed by atoms with Crippen molar-refractivity contribution in [1.82, 2.24) is 15.1 Å². The molecule has 0 aromatic heterocycles. The number of benzene rings is 3. The van der Waals surface area contributed by atoms with E-state index in [0.29, 0.717) is 12.8 Å². The van der Waals surface area contributed by atoms with Gasteiger partial charge in [0, 0.05) is 32.6 Å². The van der Waals surface area contributed by atoms with Gasteiger partial charge in [-0.2, -0.15) is 0 Å². The second-order valence-corrected chi connectivity index (χ2v) is 10.5. The molecule has 2 aliphatic heterocycles. The highest BCUT2D eigenvalue weighted by atomic mass is 16.4. The van der Waals surface area contributed by atoms with Crippen LogP contribution in [0, 0.1) is 0 Å². The van der Waals surface area contributed by atoms with E-state index in [1.807, 2.05) is 72.8 Å². The molecular formula is C32H33N3O5. The minimum atomic E-state index is -1.23. The Balaban J connectivity index is 1.40. The van der Waals surface area contributed by atoms with E-state index < -0.39 is 29.9 Å². The summed E-state index contributed by atoms with van der Waals surface area (Å²) in [6.07, 6.45) is 1.43. The van der Waals surface area contributed by atoms with E-state index >= 15 is 0 Å². The van der Waals surface area contributed by atoms with Crippen LogP contribution in [0.4, 0.5) is 0 Å². The summed E-state index contributed by atoms with van der Waals surface area (Å²) < 4.78 is 0. The summed E-state index contributed by atoms with van der Waals surface area (Å²) in [6.45, 7) is 1.91. The predicted molar refractivity (Wildman–Crippen MR) is 151 cm³/mol. The van der Waals surface area contributed by atoms with Crippen molar-refractivity contribution in [2.75, 3.05) is 19.6 Å². The van der Waals surface area contributed by atoms with E-state index in [-0.39, 0.29) is 24.3 Å². The van der Waals surface area contributed by atoms with E-state index in [9.17, 15) is 19.5 Å². The Morgan fingerprint density at radius 1 is 0.800 bits per heavy atom. The number of carboxylic acids is 1. The van der Waals surface area contributed by atoms with Gasteiger partial charge in [0.15, 0.2) is 0 Å². The zero-order chi connectivity index (χ0) is 28.1. The molecule has 5 rings (SSSR count). The number of hydrogen-bond acceptors (Lipinski definition) is 5. The first kappa shape index (κ1) is 27.1. The molecule has 1 saturated heterocycles. The van der Waals surface area contributed by atoms with E-state index in [2.05, 4.69) is 22.3 Å². The molecule has 0 unspecified atom stereocenters. The maximum absolute atomic E-state index is 13.8. The standard InChI is InChI=1S/C32H33N3O5/c36-27-19-32(15-17-34(18-16-32)21-23-7-3-1-4-8-23)35(31(40)29(27)30(39)33-20-28(37)38)22-24-11-13-26(14-12-24)25-9-5-2-6-10-25/h1-14,36H,15-22H2,(H,33,39)(H,37,38). The van der Waals surface area contributed by atoms with Crippen molar-refractivity contribution in [3.63, 3.8) is 0 Å². The minimum absolute atomic E-state index is 0.149. The van der Waals surface area contributed by atoms with Crippen molar-refractivity contribution in [3.05, 3.63) is 107 Å². The Kier molecular flexibility index (Phi) is 7.98. The van der Waals surface area contributed by atoms with Crippen LogP contribution in [0.5, 0.6) is 0 Å². The molecular weight excluding hydrogens is 506 g/mol. The second-order valence-electron chi connectivity index (χ2n) is 10.5. The largest absolute Gasteiger partial charge is 0.511 e. The molecule has 2 heterocycles. The van der Waals surface area contributed by atoms with Crippen LogP contribution in [-0.4, -0.2) is 63.0 Å². The quantitative estimate of drug-likeness (QED) is 0.371. The van der Waals surface area contributed by atoms with Gasteiger partial charge in [0.2, 0.25) is 0 Å². The van der Waals surface area contributed by atoms with Crippen molar-refractivity contribution in [3.8, 4) is 11.1 Å². The number of hydrogen-bond donors (Lipinski definition) is 3. The summed E-state index contributed by atoms with van der Waals surface area (Å²) in [6, 6.07) is 28.2. The Bertz CT molecular complexity index is 1400. The molecule has 1 fully saturated rings.